The van der Waals surface area contributed by atoms with Crippen molar-refractivity contribution in [2.45, 2.75) is 24.7 Å². The molecule has 0 bridgehead atoms. The fourth-order valence-electron chi connectivity index (χ4n) is 1.72. The molecule has 0 aliphatic carbocycles. The van der Waals surface area contributed by atoms with Gasteiger partial charge in [-0.3, -0.25) is 4.79 Å². The highest BCUT2D eigenvalue weighted by Gasteiger charge is 2.54. The second-order valence-corrected chi connectivity index (χ2v) is 4.57. The standard InChI is InChI=1S/C12H13F3N2O2/c1-11(16,12(13,14)15)10(18)17-8-6-19-9-5-3-2-4-7(8)9/h2-5,8H,6,16H2,1H3,(H,17,18). The molecular weight excluding hydrogens is 261 g/mol. The van der Waals surface area contributed by atoms with Crippen molar-refractivity contribution < 1.29 is 22.7 Å². The molecule has 0 saturated heterocycles. The van der Waals surface area contributed by atoms with Crippen LogP contribution in [0, 0.1) is 0 Å². The average Bonchev–Trinajstić information content (AvgIpc) is 2.71. The zero-order valence-electron chi connectivity index (χ0n) is 10.1. The molecule has 0 spiro atoms. The van der Waals surface area contributed by atoms with Gasteiger partial charge in [-0.1, -0.05) is 18.2 Å². The van der Waals surface area contributed by atoms with Gasteiger partial charge < -0.3 is 15.8 Å². The molecule has 7 heteroatoms. The summed E-state index contributed by atoms with van der Waals surface area (Å²) in [7, 11) is 0. The number of hydrogen-bond donors (Lipinski definition) is 2. The Morgan fingerprint density at radius 1 is 1.42 bits per heavy atom. The topological polar surface area (TPSA) is 64.4 Å². The van der Waals surface area contributed by atoms with Crippen molar-refractivity contribution in [3.8, 4) is 5.75 Å². The Labute approximate surface area is 107 Å². The minimum Gasteiger partial charge on any atom is -0.491 e. The number of carbonyl (C=O) groups is 1. The van der Waals surface area contributed by atoms with Crippen molar-refractivity contribution in [2.24, 2.45) is 5.73 Å². The van der Waals surface area contributed by atoms with E-state index in [1.165, 1.54) is 0 Å². The Kier molecular flexibility index (Phi) is 3.17. The van der Waals surface area contributed by atoms with Crippen molar-refractivity contribution >= 4 is 5.91 Å². The smallest absolute Gasteiger partial charge is 0.415 e. The summed E-state index contributed by atoms with van der Waals surface area (Å²) in [6.45, 7) is 0.739. The number of benzene rings is 1. The third-order valence-electron chi connectivity index (χ3n) is 3.07. The Morgan fingerprint density at radius 3 is 2.68 bits per heavy atom. The maximum Gasteiger partial charge on any atom is 0.415 e. The summed E-state index contributed by atoms with van der Waals surface area (Å²) >= 11 is 0. The van der Waals surface area contributed by atoms with Gasteiger partial charge in [0.05, 0.1) is 6.04 Å². The first-order chi connectivity index (χ1) is 8.73. The summed E-state index contributed by atoms with van der Waals surface area (Å²) in [6.07, 6.45) is -4.81. The second kappa shape index (κ2) is 4.41. The number of ether oxygens (including phenoxy) is 1. The molecule has 104 valence electrons. The Bertz CT molecular complexity index is 500. The predicted molar refractivity (Wildman–Crippen MR) is 61.5 cm³/mol. The average molecular weight is 274 g/mol. The molecule has 3 N–H and O–H groups in total. The molecule has 0 fully saturated rings. The zero-order chi connectivity index (χ0) is 14.3. The molecule has 2 atom stereocenters. The van der Waals surface area contributed by atoms with Crippen molar-refractivity contribution in [1.29, 1.82) is 0 Å². The van der Waals surface area contributed by atoms with Crippen LogP contribution in [0.4, 0.5) is 13.2 Å². The summed E-state index contributed by atoms with van der Waals surface area (Å²) in [5.74, 6) is -0.719. The highest BCUT2D eigenvalue weighted by molar-refractivity contribution is 5.87. The largest absolute Gasteiger partial charge is 0.491 e. The van der Waals surface area contributed by atoms with Crippen molar-refractivity contribution in [1.82, 2.24) is 5.32 Å². The van der Waals surface area contributed by atoms with Crippen molar-refractivity contribution in [3.05, 3.63) is 29.8 Å². The van der Waals surface area contributed by atoms with E-state index in [0.29, 0.717) is 18.2 Å². The van der Waals surface area contributed by atoms with E-state index in [0.717, 1.165) is 0 Å². The lowest BCUT2D eigenvalue weighted by atomic mass is 10.0. The Morgan fingerprint density at radius 2 is 2.05 bits per heavy atom. The maximum absolute atomic E-state index is 12.6. The quantitative estimate of drug-likeness (QED) is 0.859. The molecule has 0 saturated carbocycles. The van der Waals surface area contributed by atoms with E-state index in [1.54, 1.807) is 24.3 Å². The minimum atomic E-state index is -4.81. The molecular formula is C12H13F3N2O2. The number of amides is 1. The summed E-state index contributed by atoms with van der Waals surface area (Å²) in [6, 6.07) is 6.22. The number of alkyl halides is 3. The van der Waals surface area contributed by atoms with Gasteiger partial charge >= 0.3 is 6.18 Å². The molecule has 19 heavy (non-hydrogen) atoms. The van der Waals surface area contributed by atoms with Crippen LogP contribution in [0.15, 0.2) is 24.3 Å². The number of hydrogen-bond acceptors (Lipinski definition) is 3. The number of para-hydroxylation sites is 1. The van der Waals surface area contributed by atoms with Crippen LogP contribution in [-0.2, 0) is 4.79 Å². The molecule has 1 aromatic rings. The minimum absolute atomic E-state index is 0.0963. The molecule has 0 aromatic heterocycles. The first kappa shape index (κ1) is 13.7. The monoisotopic (exact) mass is 274 g/mol. The molecule has 2 unspecified atom stereocenters. The predicted octanol–water partition coefficient (Wildman–Crippen LogP) is 1.52. The lowest BCUT2D eigenvalue weighted by molar-refractivity contribution is -0.187. The number of nitrogens with one attached hydrogen (secondary N) is 1. The van der Waals surface area contributed by atoms with Gasteiger partial charge in [0.25, 0.3) is 0 Å². The summed E-state index contributed by atoms with van der Waals surface area (Å²) in [5, 5.41) is 2.27. The molecule has 1 heterocycles. The summed E-state index contributed by atoms with van der Waals surface area (Å²) in [5.41, 5.74) is 2.78. The van der Waals surface area contributed by atoms with E-state index in [1.807, 2.05) is 0 Å². The summed E-state index contributed by atoms with van der Waals surface area (Å²) < 4.78 is 43.2. The van der Waals surface area contributed by atoms with E-state index in [2.05, 4.69) is 5.32 Å². The van der Waals surface area contributed by atoms with E-state index in [-0.39, 0.29) is 6.61 Å². The van der Waals surface area contributed by atoms with Crippen LogP contribution >= 0.6 is 0 Å². The van der Waals surface area contributed by atoms with Gasteiger partial charge in [-0.25, -0.2) is 0 Å². The number of rotatable bonds is 2. The molecule has 1 amide bonds. The summed E-state index contributed by atoms with van der Waals surface area (Å²) in [4.78, 5) is 11.7. The highest BCUT2D eigenvalue weighted by Crippen LogP contribution is 2.33. The van der Waals surface area contributed by atoms with Crippen LogP contribution < -0.4 is 15.8 Å². The Balaban J connectivity index is 2.14. The molecule has 4 nitrogen and oxygen atoms in total. The van der Waals surface area contributed by atoms with Gasteiger partial charge in [-0.2, -0.15) is 13.2 Å². The van der Waals surface area contributed by atoms with Gasteiger partial charge in [0.1, 0.15) is 12.4 Å². The molecule has 1 aliphatic rings. The number of halogens is 3. The molecule has 1 aliphatic heterocycles. The van der Waals surface area contributed by atoms with Crippen LogP contribution in [0.5, 0.6) is 5.75 Å². The van der Waals surface area contributed by atoms with E-state index in [9.17, 15) is 18.0 Å². The first-order valence-corrected chi connectivity index (χ1v) is 5.62. The van der Waals surface area contributed by atoms with Gasteiger partial charge in [-0.05, 0) is 13.0 Å². The van der Waals surface area contributed by atoms with Crippen molar-refractivity contribution in [2.75, 3.05) is 6.61 Å². The maximum atomic E-state index is 12.6. The number of carbonyl (C=O) groups excluding carboxylic acids is 1. The fourth-order valence-corrected chi connectivity index (χ4v) is 1.72. The van der Waals surface area contributed by atoms with Gasteiger partial charge in [-0.15, -0.1) is 0 Å². The molecule has 2 rings (SSSR count). The lowest BCUT2D eigenvalue weighted by Crippen LogP contribution is -2.61. The lowest BCUT2D eigenvalue weighted by Gasteiger charge is -2.27. The molecule has 1 aromatic carbocycles. The van der Waals surface area contributed by atoms with Crippen LogP contribution in [0.3, 0.4) is 0 Å². The third kappa shape index (κ3) is 2.37. The van der Waals surface area contributed by atoms with E-state index >= 15 is 0 Å². The molecule has 0 radical (unpaired) electrons. The van der Waals surface area contributed by atoms with Crippen LogP contribution in [0.2, 0.25) is 0 Å². The number of nitrogens with two attached hydrogens (primary N) is 1. The Hall–Kier alpha value is -1.76. The van der Waals surface area contributed by atoms with E-state index < -0.39 is 23.7 Å². The van der Waals surface area contributed by atoms with E-state index in [4.69, 9.17) is 10.5 Å². The van der Waals surface area contributed by atoms with Crippen molar-refractivity contribution in [3.63, 3.8) is 0 Å². The second-order valence-electron chi connectivity index (χ2n) is 4.57. The highest BCUT2D eigenvalue weighted by atomic mass is 19.4. The van der Waals surface area contributed by atoms with Gasteiger partial charge in [0, 0.05) is 5.56 Å². The number of fused-ring (bicyclic) bond motifs is 1. The third-order valence-corrected chi connectivity index (χ3v) is 3.07. The van der Waals surface area contributed by atoms with Crippen LogP contribution in [-0.4, -0.2) is 24.2 Å². The zero-order valence-corrected chi connectivity index (χ0v) is 10.1. The fraction of sp³-hybridized carbons (Fsp3) is 0.417. The SMILES string of the molecule is CC(N)(C(=O)NC1COc2ccccc21)C(F)(F)F. The normalized spacial score (nSPS) is 21.2. The first-order valence-electron chi connectivity index (χ1n) is 5.62. The van der Waals surface area contributed by atoms with Crippen LogP contribution in [0.1, 0.15) is 18.5 Å². The van der Waals surface area contributed by atoms with Crippen LogP contribution in [0.25, 0.3) is 0 Å². The van der Waals surface area contributed by atoms with Gasteiger partial charge in [0.15, 0.2) is 5.54 Å². The van der Waals surface area contributed by atoms with Gasteiger partial charge in [0.2, 0.25) is 5.91 Å².